The fourth-order valence-corrected chi connectivity index (χ4v) is 6.18. The van der Waals surface area contributed by atoms with Gasteiger partial charge in [0.05, 0.1) is 17.2 Å². The minimum atomic E-state index is -1.76. The minimum Gasteiger partial charge on any atom is -0.348 e. The Morgan fingerprint density at radius 3 is 2.50 bits per heavy atom. The SMILES string of the molecule is [C-]#[N+][C@@]12C(=O)[C@@H]3C(OC4(C(=O)N(C)c5cccc1c54)C3(C)C)C(=O)[C@@]2(C)C=C. The normalized spacial score (nSPS) is 41.7. The first-order chi connectivity index (χ1) is 13.1. The summed E-state index contributed by atoms with van der Waals surface area (Å²) in [6.07, 6.45) is 0.334. The molecule has 1 aromatic rings. The molecule has 1 aromatic carbocycles. The summed E-state index contributed by atoms with van der Waals surface area (Å²) in [6.45, 7) is 17.1. The molecule has 0 aromatic heterocycles. The van der Waals surface area contributed by atoms with E-state index in [1.54, 1.807) is 46.0 Å². The number of rotatable bonds is 1. The van der Waals surface area contributed by atoms with Gasteiger partial charge >= 0.3 is 5.54 Å². The van der Waals surface area contributed by atoms with E-state index in [0.29, 0.717) is 16.8 Å². The Morgan fingerprint density at radius 1 is 1.21 bits per heavy atom. The van der Waals surface area contributed by atoms with Gasteiger partial charge in [0.25, 0.3) is 5.91 Å². The largest absolute Gasteiger partial charge is 0.348 e. The summed E-state index contributed by atoms with van der Waals surface area (Å²) in [7, 11) is 1.66. The molecule has 4 aliphatic rings. The molecule has 2 aliphatic carbocycles. The monoisotopic (exact) mass is 376 g/mol. The van der Waals surface area contributed by atoms with Gasteiger partial charge in [-0.1, -0.05) is 26.0 Å². The van der Waals surface area contributed by atoms with Crippen LogP contribution in [0.2, 0.25) is 0 Å². The summed E-state index contributed by atoms with van der Waals surface area (Å²) in [6, 6.07) is 5.22. The fraction of sp³-hybridized carbons (Fsp3) is 0.455. The highest BCUT2D eigenvalue weighted by Gasteiger charge is 2.85. The van der Waals surface area contributed by atoms with E-state index in [1.807, 2.05) is 0 Å². The van der Waals surface area contributed by atoms with Crippen molar-refractivity contribution in [2.24, 2.45) is 16.7 Å². The Hall–Kier alpha value is -2.78. The van der Waals surface area contributed by atoms with Crippen molar-refractivity contribution in [3.63, 3.8) is 0 Å². The quantitative estimate of drug-likeness (QED) is 0.557. The van der Waals surface area contributed by atoms with Crippen LogP contribution in [0.5, 0.6) is 0 Å². The van der Waals surface area contributed by atoms with E-state index in [1.165, 1.54) is 11.0 Å². The second-order valence-corrected chi connectivity index (χ2v) is 8.94. The molecular weight excluding hydrogens is 356 g/mol. The zero-order valence-electron chi connectivity index (χ0n) is 16.2. The van der Waals surface area contributed by atoms with Crippen molar-refractivity contribution >= 4 is 23.2 Å². The molecular formula is C22H20N2O4. The minimum absolute atomic E-state index is 0.295. The van der Waals surface area contributed by atoms with Crippen LogP contribution in [-0.4, -0.2) is 30.6 Å². The standard InChI is InChI=1S/C22H20N2O4/c1-7-20(4)17(26)15-14-16(25)21(20,23-5)11-9-8-10-12-13(11)22(28-15,19(14,2)3)18(27)24(12)6/h7-10,14-15H,1H2,2-4,6H3/t14-,15?,20+,21+,22?/m0/s1. The first-order valence-electron chi connectivity index (χ1n) is 9.28. The molecule has 6 nitrogen and oxygen atoms in total. The Kier molecular flexibility index (Phi) is 2.75. The third kappa shape index (κ3) is 1.24. The fourth-order valence-electron chi connectivity index (χ4n) is 6.18. The highest BCUT2D eigenvalue weighted by atomic mass is 16.5. The maximum absolute atomic E-state index is 14.0. The van der Waals surface area contributed by atoms with Crippen molar-refractivity contribution in [2.45, 2.75) is 38.0 Å². The number of ketones is 2. The second kappa shape index (κ2) is 4.44. The molecule has 1 amide bonds. The van der Waals surface area contributed by atoms with Crippen molar-refractivity contribution < 1.29 is 19.1 Å². The maximum atomic E-state index is 14.0. The van der Waals surface area contributed by atoms with Gasteiger partial charge in [-0.3, -0.25) is 19.2 Å². The van der Waals surface area contributed by atoms with Gasteiger partial charge in [0, 0.05) is 18.0 Å². The maximum Gasteiger partial charge on any atom is 0.330 e. The third-order valence-electron chi connectivity index (χ3n) is 7.78. The van der Waals surface area contributed by atoms with Gasteiger partial charge in [0.15, 0.2) is 11.4 Å². The van der Waals surface area contributed by atoms with Crippen LogP contribution in [0.1, 0.15) is 31.9 Å². The van der Waals surface area contributed by atoms with Crippen LogP contribution in [0, 0.1) is 23.3 Å². The summed E-state index contributed by atoms with van der Waals surface area (Å²) < 4.78 is 6.32. The molecule has 28 heavy (non-hydrogen) atoms. The number of carbonyl (C=O) groups excluding carboxylic acids is 3. The Balaban J connectivity index is 2.08. The molecule has 2 unspecified atom stereocenters. The molecule has 2 heterocycles. The van der Waals surface area contributed by atoms with Gasteiger partial charge in [-0.05, 0) is 19.1 Å². The highest BCUT2D eigenvalue weighted by Crippen LogP contribution is 2.71. The molecule has 2 aliphatic heterocycles. The number of ether oxygens (including phenoxy) is 1. The lowest BCUT2D eigenvalue weighted by atomic mass is 9.53. The predicted octanol–water partition coefficient (Wildman–Crippen LogP) is 2.37. The van der Waals surface area contributed by atoms with E-state index < -0.39 is 34.0 Å². The molecule has 1 saturated carbocycles. The lowest BCUT2D eigenvalue weighted by Crippen LogP contribution is -2.64. The summed E-state index contributed by atoms with van der Waals surface area (Å²) in [5, 5.41) is 0. The van der Waals surface area contributed by atoms with Crippen molar-refractivity contribution in [3.05, 3.63) is 53.4 Å². The summed E-state index contributed by atoms with van der Waals surface area (Å²) in [5.74, 6) is -1.88. The molecule has 0 N–H and O–H groups in total. The van der Waals surface area contributed by atoms with Crippen LogP contribution in [0.15, 0.2) is 30.9 Å². The number of anilines is 1. The van der Waals surface area contributed by atoms with Crippen molar-refractivity contribution in [3.8, 4) is 0 Å². The van der Waals surface area contributed by atoms with E-state index >= 15 is 0 Å². The van der Waals surface area contributed by atoms with Crippen molar-refractivity contribution in [1.82, 2.24) is 0 Å². The van der Waals surface area contributed by atoms with E-state index in [2.05, 4.69) is 11.4 Å². The summed E-state index contributed by atoms with van der Waals surface area (Å²) >= 11 is 0. The number of hydrogen-bond donors (Lipinski definition) is 0. The summed E-state index contributed by atoms with van der Waals surface area (Å²) in [5.41, 5.74) is -4.06. The van der Waals surface area contributed by atoms with Gasteiger partial charge in [-0.15, -0.1) is 6.58 Å². The van der Waals surface area contributed by atoms with Gasteiger partial charge < -0.3 is 9.64 Å². The van der Waals surface area contributed by atoms with Gasteiger partial charge in [0.2, 0.25) is 5.78 Å². The Labute approximate surface area is 163 Å². The van der Waals surface area contributed by atoms with Crippen LogP contribution in [0.3, 0.4) is 0 Å². The second-order valence-electron chi connectivity index (χ2n) is 8.94. The van der Waals surface area contributed by atoms with E-state index in [0.717, 1.165) is 0 Å². The highest BCUT2D eigenvalue weighted by molar-refractivity contribution is 6.17. The van der Waals surface area contributed by atoms with Crippen LogP contribution in [-0.2, 0) is 30.3 Å². The molecule has 1 spiro atoms. The van der Waals surface area contributed by atoms with Gasteiger partial charge in [-0.25, -0.2) is 6.57 Å². The number of hydrogen-bond acceptors (Lipinski definition) is 4. The molecule has 5 rings (SSSR count). The number of nitrogens with zero attached hydrogens (tertiary/aromatic N) is 2. The van der Waals surface area contributed by atoms with Crippen LogP contribution >= 0.6 is 0 Å². The lowest BCUT2D eigenvalue weighted by molar-refractivity contribution is -0.166. The van der Waals surface area contributed by atoms with Crippen LogP contribution < -0.4 is 4.90 Å². The molecule has 5 atom stereocenters. The smallest absolute Gasteiger partial charge is 0.330 e. The van der Waals surface area contributed by atoms with Crippen molar-refractivity contribution in [1.29, 1.82) is 0 Å². The number of Topliss-reactive ketones (excluding diaryl/α,β-unsaturated/α-hetero) is 2. The van der Waals surface area contributed by atoms with Crippen LogP contribution in [0.25, 0.3) is 4.85 Å². The zero-order valence-corrected chi connectivity index (χ0v) is 16.2. The number of fused-ring (bicyclic) bond motifs is 2. The molecule has 6 heteroatoms. The number of carbonyl (C=O) groups is 3. The van der Waals surface area contributed by atoms with Gasteiger partial charge in [-0.2, -0.15) is 0 Å². The van der Waals surface area contributed by atoms with E-state index in [9.17, 15) is 14.4 Å². The van der Waals surface area contributed by atoms with E-state index in [4.69, 9.17) is 11.3 Å². The average Bonchev–Trinajstić information content (AvgIpc) is 3.03. The zero-order chi connectivity index (χ0) is 20.4. The lowest BCUT2D eigenvalue weighted by Gasteiger charge is -2.44. The Bertz CT molecular complexity index is 1080. The average molecular weight is 376 g/mol. The summed E-state index contributed by atoms with van der Waals surface area (Å²) in [4.78, 5) is 46.5. The molecule has 2 fully saturated rings. The third-order valence-corrected chi connectivity index (χ3v) is 7.78. The first-order valence-corrected chi connectivity index (χ1v) is 9.28. The number of likely N-dealkylation sites (N-methyl/N-ethyl adjacent to an activating group) is 1. The van der Waals surface area contributed by atoms with E-state index in [-0.39, 0.29) is 17.5 Å². The topological polar surface area (TPSA) is 68.0 Å². The Morgan fingerprint density at radius 2 is 1.89 bits per heavy atom. The number of benzene rings is 1. The molecule has 142 valence electrons. The molecule has 0 radical (unpaired) electrons. The predicted molar refractivity (Wildman–Crippen MR) is 100 cm³/mol. The number of amides is 1. The van der Waals surface area contributed by atoms with Gasteiger partial charge in [0.1, 0.15) is 11.5 Å². The molecule has 3 bridgehead atoms. The molecule has 1 saturated heterocycles. The first kappa shape index (κ1) is 17.3. The van der Waals surface area contributed by atoms with Crippen molar-refractivity contribution in [2.75, 3.05) is 11.9 Å². The van der Waals surface area contributed by atoms with Crippen LogP contribution in [0.4, 0.5) is 5.69 Å².